The topological polar surface area (TPSA) is 86.3 Å². The minimum atomic E-state index is -0.567. The van der Waals surface area contributed by atoms with Crippen LogP contribution in [0.2, 0.25) is 0 Å². The summed E-state index contributed by atoms with van der Waals surface area (Å²) < 4.78 is 8.12. The summed E-state index contributed by atoms with van der Waals surface area (Å²) in [7, 11) is 0. The van der Waals surface area contributed by atoms with Gasteiger partial charge in [-0.2, -0.15) is 0 Å². The lowest BCUT2D eigenvalue weighted by molar-refractivity contribution is -0.134. The van der Waals surface area contributed by atoms with Gasteiger partial charge in [-0.3, -0.25) is 4.79 Å². The van der Waals surface area contributed by atoms with Crippen LogP contribution in [0.15, 0.2) is 67.3 Å². The fraction of sp³-hybridized carbons (Fsp3) is 0.400. The summed E-state index contributed by atoms with van der Waals surface area (Å²) in [4.78, 5) is 15.3. The molecule has 0 aliphatic carbocycles. The first kappa shape index (κ1) is 22.2. The molecule has 2 aromatic carbocycles. The summed E-state index contributed by atoms with van der Waals surface area (Å²) in [5.41, 5.74) is 9.78. The zero-order chi connectivity index (χ0) is 22.3. The van der Waals surface area contributed by atoms with Gasteiger partial charge in [-0.05, 0) is 37.3 Å². The predicted octanol–water partition coefficient (Wildman–Crippen LogP) is 2.73. The van der Waals surface area contributed by atoms with Crippen LogP contribution in [0.5, 0.6) is 0 Å². The Labute approximate surface area is 189 Å². The molecule has 0 saturated carbocycles. The van der Waals surface area contributed by atoms with Crippen LogP contribution in [0.3, 0.4) is 0 Å². The third-order valence-electron chi connectivity index (χ3n) is 6.07. The van der Waals surface area contributed by atoms with Gasteiger partial charge in [-0.15, -0.1) is 10.2 Å². The fourth-order valence-corrected chi connectivity index (χ4v) is 4.24. The number of nitrogens with two attached hydrogens (primary N) is 1. The van der Waals surface area contributed by atoms with Gasteiger partial charge in [0, 0.05) is 19.1 Å². The summed E-state index contributed by atoms with van der Waals surface area (Å²) in [6.45, 7) is 3.91. The average Bonchev–Trinajstić information content (AvgIpc) is 3.48. The molecule has 3 aromatic rings. The number of aryl methyl sites for hydroxylation is 2. The van der Waals surface area contributed by atoms with Crippen molar-refractivity contribution in [2.75, 3.05) is 6.54 Å². The van der Waals surface area contributed by atoms with E-state index < -0.39 is 6.04 Å². The fourth-order valence-electron chi connectivity index (χ4n) is 4.24. The minimum absolute atomic E-state index is 0.00311. The normalized spacial score (nSPS) is 19.2. The number of benzene rings is 2. The monoisotopic (exact) mass is 433 g/mol. The Balaban J connectivity index is 1.40. The summed E-state index contributed by atoms with van der Waals surface area (Å²) in [5.74, 6) is -0.00913. The Kier molecular flexibility index (Phi) is 7.29. The van der Waals surface area contributed by atoms with Crippen LogP contribution < -0.4 is 5.73 Å². The van der Waals surface area contributed by atoms with E-state index in [2.05, 4.69) is 41.4 Å². The van der Waals surface area contributed by atoms with E-state index in [0.29, 0.717) is 19.6 Å². The second kappa shape index (κ2) is 10.5. The van der Waals surface area contributed by atoms with Crippen LogP contribution in [0.4, 0.5) is 0 Å². The first-order chi connectivity index (χ1) is 15.6. The third kappa shape index (κ3) is 5.81. The molecule has 2 N–H and O–H groups in total. The van der Waals surface area contributed by atoms with Gasteiger partial charge in [0.25, 0.3) is 0 Å². The van der Waals surface area contributed by atoms with Crippen LogP contribution >= 0.6 is 0 Å². The molecule has 7 heteroatoms. The number of rotatable bonds is 9. The van der Waals surface area contributed by atoms with Crippen LogP contribution in [-0.2, 0) is 29.1 Å². The Morgan fingerprint density at radius 3 is 2.53 bits per heavy atom. The molecule has 0 radical (unpaired) electrons. The second-order valence-electron chi connectivity index (χ2n) is 8.58. The molecule has 1 aromatic heterocycles. The number of carbonyl (C=O) groups is 1. The molecule has 3 atom stereocenters. The molecule has 4 rings (SSSR count). The van der Waals surface area contributed by atoms with Gasteiger partial charge in [-0.1, -0.05) is 60.2 Å². The van der Waals surface area contributed by atoms with Gasteiger partial charge in [-0.25, -0.2) is 0 Å². The lowest BCUT2D eigenvalue weighted by Crippen LogP contribution is -2.47. The van der Waals surface area contributed by atoms with Crippen molar-refractivity contribution >= 4 is 5.91 Å². The number of carbonyl (C=O) groups excluding carboxylic acids is 1. The quantitative estimate of drug-likeness (QED) is 0.561. The van der Waals surface area contributed by atoms with Crippen molar-refractivity contribution in [1.82, 2.24) is 19.7 Å². The Hall–Kier alpha value is -3.03. The first-order valence-corrected chi connectivity index (χ1v) is 11.2. The summed E-state index contributed by atoms with van der Waals surface area (Å²) in [5, 5.41) is 7.74. The number of likely N-dealkylation sites (tertiary alicyclic amines) is 1. The molecule has 1 aliphatic rings. The Morgan fingerprint density at radius 2 is 1.81 bits per heavy atom. The lowest BCUT2D eigenvalue weighted by atomic mass is 10.0. The number of nitrogens with zero attached hydrogens (tertiary/aromatic N) is 4. The van der Waals surface area contributed by atoms with E-state index >= 15 is 0 Å². The van der Waals surface area contributed by atoms with Gasteiger partial charge in [0.1, 0.15) is 12.7 Å². The van der Waals surface area contributed by atoms with Crippen LogP contribution in [0, 0.1) is 6.92 Å². The van der Waals surface area contributed by atoms with Gasteiger partial charge in [0.05, 0.1) is 18.8 Å². The molecular formula is C25H31N5O2. The maximum absolute atomic E-state index is 13.3. The molecule has 32 heavy (non-hydrogen) atoms. The summed E-state index contributed by atoms with van der Waals surface area (Å²) >= 11 is 0. The highest BCUT2D eigenvalue weighted by Gasteiger charge is 2.37. The van der Waals surface area contributed by atoms with Crippen molar-refractivity contribution in [3.8, 4) is 0 Å². The van der Waals surface area contributed by atoms with Crippen LogP contribution in [-0.4, -0.2) is 50.3 Å². The number of amides is 1. The molecule has 1 saturated heterocycles. The molecule has 168 valence electrons. The van der Waals surface area contributed by atoms with Crippen LogP contribution in [0.1, 0.15) is 29.5 Å². The average molecular weight is 434 g/mol. The van der Waals surface area contributed by atoms with E-state index in [9.17, 15) is 4.79 Å². The molecule has 1 amide bonds. The molecule has 0 bridgehead atoms. The predicted molar refractivity (Wildman–Crippen MR) is 123 cm³/mol. The largest absolute Gasteiger partial charge is 0.372 e. The minimum Gasteiger partial charge on any atom is -0.372 e. The van der Waals surface area contributed by atoms with Crippen molar-refractivity contribution in [2.45, 2.75) is 57.5 Å². The molecule has 0 spiro atoms. The maximum Gasteiger partial charge on any atom is 0.240 e. The number of aromatic nitrogens is 3. The number of ether oxygens (including phenoxy) is 1. The van der Waals surface area contributed by atoms with Gasteiger partial charge < -0.3 is 19.9 Å². The van der Waals surface area contributed by atoms with E-state index in [-0.39, 0.29) is 18.1 Å². The smallest absolute Gasteiger partial charge is 0.240 e. The number of hydrogen-bond donors (Lipinski definition) is 1. The molecule has 7 nitrogen and oxygen atoms in total. The molecule has 2 heterocycles. The van der Waals surface area contributed by atoms with Gasteiger partial charge in [0.2, 0.25) is 5.91 Å². The van der Waals surface area contributed by atoms with E-state index in [1.165, 1.54) is 5.56 Å². The Morgan fingerprint density at radius 1 is 1.09 bits per heavy atom. The standard InChI is InChI=1S/C25H31N5O2/c1-19-7-9-20(10-8-19)13-24(26)25(31)30-15-23(32-16-21-5-3-2-4-6-21)14-22(30)11-12-29-17-27-28-18-29/h2-10,17-18,22-24H,11-16,26H2,1H3/t22-,23+,24+/m0/s1. The maximum atomic E-state index is 13.3. The highest BCUT2D eigenvalue weighted by atomic mass is 16.5. The van der Waals surface area contributed by atoms with Crippen molar-refractivity contribution in [2.24, 2.45) is 5.73 Å². The molecule has 1 aliphatic heterocycles. The lowest BCUT2D eigenvalue weighted by Gasteiger charge is -2.27. The van der Waals surface area contributed by atoms with Crippen molar-refractivity contribution in [3.63, 3.8) is 0 Å². The van der Waals surface area contributed by atoms with E-state index in [0.717, 1.165) is 30.5 Å². The van der Waals surface area contributed by atoms with Gasteiger partial charge >= 0.3 is 0 Å². The first-order valence-electron chi connectivity index (χ1n) is 11.2. The van der Waals surface area contributed by atoms with E-state index in [4.69, 9.17) is 10.5 Å². The second-order valence-corrected chi connectivity index (χ2v) is 8.58. The highest BCUT2D eigenvalue weighted by molar-refractivity contribution is 5.82. The van der Waals surface area contributed by atoms with Crippen molar-refractivity contribution < 1.29 is 9.53 Å². The Bertz CT molecular complexity index is 975. The van der Waals surface area contributed by atoms with E-state index in [1.807, 2.05) is 39.8 Å². The summed E-state index contributed by atoms with van der Waals surface area (Å²) in [6, 6.07) is 17.8. The molecule has 0 unspecified atom stereocenters. The van der Waals surface area contributed by atoms with Crippen molar-refractivity contribution in [3.05, 3.63) is 83.9 Å². The number of hydrogen-bond acceptors (Lipinski definition) is 5. The molecule has 1 fully saturated rings. The van der Waals surface area contributed by atoms with Crippen LogP contribution in [0.25, 0.3) is 0 Å². The molecular weight excluding hydrogens is 402 g/mol. The van der Waals surface area contributed by atoms with Gasteiger partial charge in [0.15, 0.2) is 0 Å². The highest BCUT2D eigenvalue weighted by Crippen LogP contribution is 2.25. The van der Waals surface area contributed by atoms with E-state index in [1.54, 1.807) is 12.7 Å². The summed E-state index contributed by atoms with van der Waals surface area (Å²) in [6.07, 6.45) is 5.55. The SMILES string of the molecule is Cc1ccc(C[C@@H](N)C(=O)N2C[C@H](OCc3ccccc3)C[C@@H]2CCn2cnnc2)cc1. The third-order valence-corrected chi connectivity index (χ3v) is 6.07. The zero-order valence-electron chi connectivity index (χ0n) is 18.5. The van der Waals surface area contributed by atoms with Crippen molar-refractivity contribution in [1.29, 1.82) is 0 Å². The zero-order valence-corrected chi connectivity index (χ0v) is 18.5.